The number of benzene rings is 2. The van der Waals surface area contributed by atoms with Gasteiger partial charge < -0.3 is 5.32 Å². The van der Waals surface area contributed by atoms with Crippen LogP contribution >= 0.6 is 0 Å². The zero-order valence-electron chi connectivity index (χ0n) is 16.4. The smallest absolute Gasteiger partial charge is 0.233 e. The van der Waals surface area contributed by atoms with E-state index in [1.165, 1.54) is 0 Å². The molecule has 1 unspecified atom stereocenters. The predicted octanol–water partition coefficient (Wildman–Crippen LogP) is 3.74. The molecular weight excluding hydrogens is 386 g/mol. The Kier molecular flexibility index (Phi) is 5.00. The van der Waals surface area contributed by atoms with Crippen LogP contribution in [0.2, 0.25) is 0 Å². The maximum Gasteiger partial charge on any atom is 0.233 e. The maximum atomic E-state index is 13.1. The second kappa shape index (κ2) is 7.48. The quantitative estimate of drug-likeness (QED) is 0.696. The van der Waals surface area contributed by atoms with Gasteiger partial charge >= 0.3 is 0 Å². The van der Waals surface area contributed by atoms with Crippen molar-refractivity contribution in [2.24, 2.45) is 0 Å². The number of hydrogen-bond donors (Lipinski definition) is 1. The molecule has 1 aliphatic heterocycles. The summed E-state index contributed by atoms with van der Waals surface area (Å²) >= 11 is 0. The SMILES string of the molecule is CCC(C(=O)Nc1c2c(nn1-c1ccc(C)cc1)CS(=O)(=O)C2)c1ccccc1. The summed E-state index contributed by atoms with van der Waals surface area (Å²) in [5, 5.41) is 7.51. The predicted molar refractivity (Wildman–Crippen MR) is 113 cm³/mol. The second-order valence-electron chi connectivity index (χ2n) is 7.41. The number of nitrogens with zero attached hydrogens (tertiary/aromatic N) is 2. The molecule has 0 spiro atoms. The molecule has 2 heterocycles. The Morgan fingerprint density at radius 1 is 1.10 bits per heavy atom. The largest absolute Gasteiger partial charge is 0.310 e. The number of rotatable bonds is 5. The van der Waals surface area contributed by atoms with Crippen LogP contribution in [0.1, 0.15) is 41.6 Å². The second-order valence-corrected chi connectivity index (χ2v) is 9.48. The lowest BCUT2D eigenvalue weighted by Gasteiger charge is -2.17. The summed E-state index contributed by atoms with van der Waals surface area (Å²) < 4.78 is 25.9. The normalized spacial score (nSPS) is 15.7. The number of nitrogens with one attached hydrogen (secondary N) is 1. The van der Waals surface area contributed by atoms with E-state index in [2.05, 4.69) is 10.4 Å². The Hall–Kier alpha value is -2.93. The summed E-state index contributed by atoms with van der Waals surface area (Å²) in [6.07, 6.45) is 0.634. The maximum absolute atomic E-state index is 13.1. The van der Waals surface area contributed by atoms with Crippen LogP contribution in [0.25, 0.3) is 5.69 Å². The summed E-state index contributed by atoms with van der Waals surface area (Å²) in [4.78, 5) is 13.1. The molecule has 0 bridgehead atoms. The molecule has 1 aromatic heterocycles. The van der Waals surface area contributed by atoms with Gasteiger partial charge in [-0.15, -0.1) is 0 Å². The van der Waals surface area contributed by atoms with Crippen LogP contribution in [0.15, 0.2) is 54.6 Å². The van der Waals surface area contributed by atoms with E-state index < -0.39 is 9.84 Å². The van der Waals surface area contributed by atoms with Gasteiger partial charge in [-0.1, -0.05) is 55.0 Å². The van der Waals surface area contributed by atoms with Gasteiger partial charge in [0, 0.05) is 5.56 Å². The minimum atomic E-state index is -3.23. The first-order valence-corrected chi connectivity index (χ1v) is 11.4. The summed E-state index contributed by atoms with van der Waals surface area (Å²) in [6, 6.07) is 17.3. The molecule has 0 saturated heterocycles. The van der Waals surface area contributed by atoms with Crippen LogP contribution < -0.4 is 5.32 Å². The zero-order chi connectivity index (χ0) is 20.6. The van der Waals surface area contributed by atoms with E-state index in [9.17, 15) is 13.2 Å². The third-order valence-electron chi connectivity index (χ3n) is 5.23. The molecule has 1 N–H and O–H groups in total. The molecule has 1 atom stereocenters. The summed E-state index contributed by atoms with van der Waals surface area (Å²) in [5.74, 6) is -0.249. The number of amides is 1. The van der Waals surface area contributed by atoms with Crippen molar-refractivity contribution < 1.29 is 13.2 Å². The Balaban J connectivity index is 1.74. The Morgan fingerprint density at radius 2 is 1.79 bits per heavy atom. The highest BCUT2D eigenvalue weighted by Gasteiger charge is 2.34. The van der Waals surface area contributed by atoms with Gasteiger partial charge in [0.05, 0.1) is 28.8 Å². The lowest BCUT2D eigenvalue weighted by atomic mass is 9.95. The number of hydrogen-bond acceptors (Lipinski definition) is 4. The average molecular weight is 410 g/mol. The van der Waals surface area contributed by atoms with Crippen molar-refractivity contribution in [3.8, 4) is 5.69 Å². The summed E-state index contributed by atoms with van der Waals surface area (Å²) in [6.45, 7) is 3.96. The summed E-state index contributed by atoms with van der Waals surface area (Å²) in [5.41, 5.74) is 3.91. The third kappa shape index (κ3) is 3.82. The standard InChI is InChI=1S/C22H23N3O3S/c1-3-18(16-7-5-4-6-8-16)22(26)23-21-19-13-29(27,28)14-20(19)24-25(21)17-11-9-15(2)10-12-17/h4-12,18H,3,13-14H2,1-2H3,(H,23,26). The van der Waals surface area contributed by atoms with Crippen LogP contribution in [0.3, 0.4) is 0 Å². The first kappa shape index (κ1) is 19.4. The monoisotopic (exact) mass is 409 g/mol. The molecule has 29 heavy (non-hydrogen) atoms. The molecule has 0 aliphatic carbocycles. The van der Waals surface area contributed by atoms with Crippen molar-refractivity contribution >= 4 is 21.6 Å². The number of sulfone groups is 1. The van der Waals surface area contributed by atoms with Crippen molar-refractivity contribution in [2.75, 3.05) is 5.32 Å². The Bertz CT molecular complexity index is 1150. The van der Waals surface area contributed by atoms with Gasteiger partial charge in [-0.25, -0.2) is 13.1 Å². The number of aromatic nitrogens is 2. The van der Waals surface area contributed by atoms with Crippen molar-refractivity contribution in [1.29, 1.82) is 0 Å². The number of anilines is 1. The van der Waals surface area contributed by atoms with Gasteiger partial charge in [0.15, 0.2) is 9.84 Å². The van der Waals surface area contributed by atoms with Crippen LogP contribution in [0.5, 0.6) is 0 Å². The van der Waals surface area contributed by atoms with Crippen molar-refractivity contribution in [3.05, 3.63) is 77.0 Å². The Labute approximate surface area is 170 Å². The Morgan fingerprint density at radius 3 is 2.45 bits per heavy atom. The lowest BCUT2D eigenvalue weighted by Crippen LogP contribution is -2.23. The van der Waals surface area contributed by atoms with Gasteiger partial charge in [-0.2, -0.15) is 5.10 Å². The van der Waals surface area contributed by atoms with Gasteiger partial charge in [0.25, 0.3) is 0 Å². The van der Waals surface area contributed by atoms with E-state index in [4.69, 9.17) is 0 Å². The molecule has 2 aromatic carbocycles. The van der Waals surface area contributed by atoms with E-state index >= 15 is 0 Å². The molecule has 0 fully saturated rings. The number of carbonyl (C=O) groups is 1. The van der Waals surface area contributed by atoms with Crippen LogP contribution in [-0.4, -0.2) is 24.1 Å². The molecule has 1 aliphatic rings. The molecule has 150 valence electrons. The van der Waals surface area contributed by atoms with Crippen molar-refractivity contribution in [3.63, 3.8) is 0 Å². The van der Waals surface area contributed by atoms with E-state index in [0.29, 0.717) is 23.5 Å². The van der Waals surface area contributed by atoms with Crippen LogP contribution in [0.4, 0.5) is 5.82 Å². The highest BCUT2D eigenvalue weighted by atomic mass is 32.2. The van der Waals surface area contributed by atoms with Crippen molar-refractivity contribution in [1.82, 2.24) is 9.78 Å². The molecule has 0 saturated carbocycles. The van der Waals surface area contributed by atoms with Gasteiger partial charge in [-0.3, -0.25) is 4.79 Å². The van der Waals surface area contributed by atoms with E-state index in [1.54, 1.807) is 4.68 Å². The van der Waals surface area contributed by atoms with Gasteiger partial charge in [0.2, 0.25) is 5.91 Å². The fourth-order valence-electron chi connectivity index (χ4n) is 3.71. The molecule has 4 rings (SSSR count). The van der Waals surface area contributed by atoms with Crippen LogP contribution in [0, 0.1) is 6.92 Å². The molecule has 6 nitrogen and oxygen atoms in total. The number of fused-ring (bicyclic) bond motifs is 1. The van der Waals surface area contributed by atoms with E-state index in [-0.39, 0.29) is 23.3 Å². The highest BCUT2D eigenvalue weighted by molar-refractivity contribution is 7.90. The van der Waals surface area contributed by atoms with Crippen LogP contribution in [-0.2, 0) is 26.1 Å². The minimum absolute atomic E-state index is 0.0973. The molecular formula is C22H23N3O3S. The molecule has 7 heteroatoms. The molecule has 1 amide bonds. The molecule has 3 aromatic rings. The average Bonchev–Trinajstić information content (AvgIpc) is 3.16. The van der Waals surface area contributed by atoms with Gasteiger partial charge in [-0.05, 0) is 31.0 Å². The third-order valence-corrected chi connectivity index (χ3v) is 6.68. The zero-order valence-corrected chi connectivity index (χ0v) is 17.2. The van der Waals surface area contributed by atoms with E-state index in [0.717, 1.165) is 16.8 Å². The number of aryl methyl sites for hydroxylation is 1. The topological polar surface area (TPSA) is 81.1 Å². The fourth-order valence-corrected chi connectivity index (χ4v) is 5.20. The summed E-state index contributed by atoms with van der Waals surface area (Å²) in [7, 11) is -3.23. The molecule has 0 radical (unpaired) electrons. The lowest BCUT2D eigenvalue weighted by molar-refractivity contribution is -0.117. The minimum Gasteiger partial charge on any atom is -0.310 e. The highest BCUT2D eigenvalue weighted by Crippen LogP contribution is 2.34. The number of carbonyl (C=O) groups excluding carboxylic acids is 1. The first-order valence-electron chi connectivity index (χ1n) is 9.62. The van der Waals surface area contributed by atoms with E-state index in [1.807, 2.05) is 68.4 Å². The van der Waals surface area contributed by atoms with Gasteiger partial charge in [0.1, 0.15) is 5.82 Å². The first-order chi connectivity index (χ1) is 13.9. The fraction of sp³-hybridized carbons (Fsp3) is 0.273. The van der Waals surface area contributed by atoms with Crippen molar-refractivity contribution in [2.45, 2.75) is 37.7 Å².